The van der Waals surface area contributed by atoms with Gasteiger partial charge in [-0.1, -0.05) is 24.4 Å². The Hall–Kier alpha value is -1.51. The van der Waals surface area contributed by atoms with Crippen molar-refractivity contribution in [3.05, 3.63) is 29.8 Å². The van der Waals surface area contributed by atoms with Crippen LogP contribution >= 0.6 is 12.2 Å². The summed E-state index contributed by atoms with van der Waals surface area (Å²) in [6.07, 6.45) is 0.399. The fourth-order valence-corrected chi connectivity index (χ4v) is 2.98. The van der Waals surface area contributed by atoms with Gasteiger partial charge in [0.05, 0.1) is 9.88 Å². The third-order valence-electron chi connectivity index (χ3n) is 2.62. The number of hydrogen-bond donors (Lipinski definition) is 3. The second-order valence-electron chi connectivity index (χ2n) is 4.88. The molecule has 1 aromatic rings. The summed E-state index contributed by atoms with van der Waals surface area (Å²) in [4.78, 5) is 11.5. The zero-order chi connectivity index (χ0) is 15.6. The Bertz CT molecular complexity index is 622. The van der Waals surface area contributed by atoms with Crippen molar-refractivity contribution in [1.29, 1.82) is 0 Å². The summed E-state index contributed by atoms with van der Waals surface area (Å²) < 4.78 is 26.5. The van der Waals surface area contributed by atoms with Crippen molar-refractivity contribution in [2.75, 3.05) is 0 Å². The predicted octanol–water partition coefficient (Wildman–Crippen LogP) is 0.0574. The molecule has 0 unspecified atom stereocenters. The number of sulfonamides is 1. The summed E-state index contributed by atoms with van der Waals surface area (Å²) in [5, 5.41) is 0. The highest BCUT2D eigenvalue weighted by Crippen LogP contribution is 2.14. The average Bonchev–Trinajstić information content (AvgIpc) is 2.27. The molecule has 0 spiro atoms. The molecule has 0 aromatic heterocycles. The molecule has 0 aliphatic rings. The van der Waals surface area contributed by atoms with Crippen molar-refractivity contribution < 1.29 is 13.2 Å². The summed E-state index contributed by atoms with van der Waals surface area (Å²) >= 11 is 4.78. The fraction of sp³-hybridized carbons (Fsp3) is 0.333. The van der Waals surface area contributed by atoms with E-state index in [1.54, 1.807) is 12.1 Å². The Morgan fingerprint density at radius 3 is 2.15 bits per heavy atom. The van der Waals surface area contributed by atoms with Gasteiger partial charge in [-0.15, -0.1) is 0 Å². The number of carbonyl (C=O) groups excluding carboxylic acids is 1. The monoisotopic (exact) mass is 315 g/mol. The molecule has 0 aliphatic heterocycles. The summed E-state index contributed by atoms with van der Waals surface area (Å²) in [5.74, 6) is -0.758. The lowest BCUT2D eigenvalue weighted by Gasteiger charge is -2.22. The molecule has 1 amide bonds. The van der Waals surface area contributed by atoms with Gasteiger partial charge in [-0.05, 0) is 31.5 Å². The van der Waals surface area contributed by atoms with E-state index in [-0.39, 0.29) is 4.90 Å². The van der Waals surface area contributed by atoms with Crippen LogP contribution in [0.1, 0.15) is 19.4 Å². The van der Waals surface area contributed by atoms with Crippen LogP contribution in [0.2, 0.25) is 0 Å². The van der Waals surface area contributed by atoms with Gasteiger partial charge in [-0.3, -0.25) is 4.79 Å². The molecule has 110 valence electrons. The first-order valence-electron chi connectivity index (χ1n) is 5.76. The number of primary amides is 1. The molecule has 0 aliphatic carbocycles. The minimum atomic E-state index is -3.82. The summed E-state index contributed by atoms with van der Waals surface area (Å²) in [7, 11) is -3.82. The van der Waals surface area contributed by atoms with Gasteiger partial charge in [-0.25, -0.2) is 8.42 Å². The zero-order valence-electron chi connectivity index (χ0n) is 11.2. The fourth-order valence-electron chi connectivity index (χ4n) is 1.43. The van der Waals surface area contributed by atoms with E-state index in [1.165, 1.54) is 26.0 Å². The molecule has 0 saturated carbocycles. The van der Waals surface area contributed by atoms with Crippen LogP contribution in [0, 0.1) is 0 Å². The van der Waals surface area contributed by atoms with E-state index in [9.17, 15) is 13.2 Å². The first-order chi connectivity index (χ1) is 9.04. The quantitative estimate of drug-likeness (QED) is 0.642. The topological polar surface area (TPSA) is 115 Å². The molecule has 0 heterocycles. The SMILES string of the molecule is CC(C)(NS(=O)(=O)c1ccc(CC(N)=S)cc1)C(N)=O. The molecular formula is C12H17N3O3S2. The first-order valence-corrected chi connectivity index (χ1v) is 7.65. The summed E-state index contributed by atoms with van der Waals surface area (Å²) in [5.41, 5.74) is 10.0. The van der Waals surface area contributed by atoms with Crippen LogP contribution in [0.3, 0.4) is 0 Å². The normalized spacial score (nSPS) is 12.1. The minimum absolute atomic E-state index is 0.0403. The third-order valence-corrected chi connectivity index (χ3v) is 4.43. The number of benzene rings is 1. The van der Waals surface area contributed by atoms with Gasteiger partial charge in [0, 0.05) is 6.42 Å². The van der Waals surface area contributed by atoms with Gasteiger partial charge in [0.25, 0.3) is 0 Å². The van der Waals surface area contributed by atoms with Gasteiger partial charge >= 0.3 is 0 Å². The number of rotatable bonds is 6. The molecule has 6 nitrogen and oxygen atoms in total. The predicted molar refractivity (Wildman–Crippen MR) is 80.5 cm³/mol. The Morgan fingerprint density at radius 2 is 1.75 bits per heavy atom. The van der Waals surface area contributed by atoms with Crippen molar-refractivity contribution in [3.63, 3.8) is 0 Å². The van der Waals surface area contributed by atoms with Gasteiger partial charge in [-0.2, -0.15) is 4.72 Å². The van der Waals surface area contributed by atoms with Gasteiger partial charge < -0.3 is 11.5 Å². The number of thiocarbonyl (C=S) groups is 1. The largest absolute Gasteiger partial charge is 0.393 e. The molecule has 20 heavy (non-hydrogen) atoms. The lowest BCUT2D eigenvalue weighted by molar-refractivity contribution is -0.122. The van der Waals surface area contributed by atoms with Crippen molar-refractivity contribution in [2.45, 2.75) is 30.7 Å². The van der Waals surface area contributed by atoms with E-state index in [2.05, 4.69) is 4.72 Å². The molecule has 0 bridgehead atoms. The Kier molecular flexibility index (Phi) is 4.85. The lowest BCUT2D eigenvalue weighted by Crippen LogP contribution is -2.52. The first kappa shape index (κ1) is 16.5. The van der Waals surface area contributed by atoms with E-state index in [0.29, 0.717) is 11.4 Å². The van der Waals surface area contributed by atoms with Gasteiger partial charge in [0.2, 0.25) is 15.9 Å². The van der Waals surface area contributed by atoms with E-state index >= 15 is 0 Å². The second-order valence-corrected chi connectivity index (χ2v) is 7.09. The highest BCUT2D eigenvalue weighted by molar-refractivity contribution is 7.89. The van der Waals surface area contributed by atoms with Gasteiger partial charge in [0.1, 0.15) is 5.54 Å². The molecule has 0 radical (unpaired) electrons. The smallest absolute Gasteiger partial charge is 0.241 e. The number of nitrogens with one attached hydrogen (secondary N) is 1. The Labute approximate surface area is 123 Å². The zero-order valence-corrected chi connectivity index (χ0v) is 12.8. The maximum atomic E-state index is 12.1. The van der Waals surface area contributed by atoms with Crippen LogP contribution in [-0.2, 0) is 21.2 Å². The van der Waals surface area contributed by atoms with E-state index in [4.69, 9.17) is 23.7 Å². The van der Waals surface area contributed by atoms with Crippen LogP contribution in [0.4, 0.5) is 0 Å². The average molecular weight is 315 g/mol. The summed E-state index contributed by atoms with van der Waals surface area (Å²) in [6.45, 7) is 2.79. The standard InChI is InChI=1S/C12H17N3O3S2/c1-12(2,11(14)16)15-20(17,18)9-5-3-8(4-6-9)7-10(13)19/h3-6,15H,7H2,1-2H3,(H2,13,19)(H2,14,16). The molecular weight excluding hydrogens is 298 g/mol. The van der Waals surface area contributed by atoms with E-state index < -0.39 is 21.5 Å². The van der Waals surface area contributed by atoms with Crippen molar-refractivity contribution in [2.24, 2.45) is 11.5 Å². The van der Waals surface area contributed by atoms with Crippen LogP contribution in [0.15, 0.2) is 29.2 Å². The molecule has 8 heteroatoms. The lowest BCUT2D eigenvalue weighted by atomic mass is 10.1. The van der Waals surface area contributed by atoms with Crippen LogP contribution < -0.4 is 16.2 Å². The van der Waals surface area contributed by atoms with Crippen LogP contribution in [0.25, 0.3) is 0 Å². The van der Waals surface area contributed by atoms with Gasteiger partial charge in [0.15, 0.2) is 0 Å². The highest BCUT2D eigenvalue weighted by Gasteiger charge is 2.31. The number of carbonyl (C=O) groups is 1. The van der Waals surface area contributed by atoms with Crippen LogP contribution in [0.5, 0.6) is 0 Å². The molecule has 0 atom stereocenters. The molecule has 1 rings (SSSR count). The minimum Gasteiger partial charge on any atom is -0.393 e. The Balaban J connectivity index is 2.99. The highest BCUT2D eigenvalue weighted by atomic mass is 32.2. The van der Waals surface area contributed by atoms with E-state index in [0.717, 1.165) is 5.56 Å². The maximum absolute atomic E-state index is 12.1. The molecule has 5 N–H and O–H groups in total. The van der Waals surface area contributed by atoms with Crippen molar-refractivity contribution in [3.8, 4) is 0 Å². The number of amides is 1. The van der Waals surface area contributed by atoms with Crippen molar-refractivity contribution >= 4 is 33.1 Å². The summed E-state index contributed by atoms with van der Waals surface area (Å²) in [6, 6.07) is 6.08. The second kappa shape index (κ2) is 5.86. The molecule has 0 fully saturated rings. The maximum Gasteiger partial charge on any atom is 0.241 e. The third kappa shape index (κ3) is 4.26. The van der Waals surface area contributed by atoms with Crippen LogP contribution in [-0.4, -0.2) is 24.9 Å². The van der Waals surface area contributed by atoms with E-state index in [1.807, 2.05) is 0 Å². The number of nitrogens with two attached hydrogens (primary N) is 2. The number of hydrogen-bond acceptors (Lipinski definition) is 4. The molecule has 0 saturated heterocycles. The Morgan fingerprint density at radius 1 is 1.25 bits per heavy atom. The van der Waals surface area contributed by atoms with Crippen molar-refractivity contribution in [1.82, 2.24) is 4.72 Å². The molecule has 1 aromatic carbocycles.